The molecule has 0 aliphatic carbocycles. The van der Waals surface area contributed by atoms with E-state index in [0.717, 1.165) is 0 Å². The second kappa shape index (κ2) is 22.3. The topological polar surface area (TPSA) is 466 Å². The lowest BCUT2D eigenvalue weighted by atomic mass is 9.96. The normalized spacial score (nSPS) is 54.6. The first-order chi connectivity index (χ1) is 30.6. The third kappa shape index (κ3) is 10.9. The Kier molecular flexibility index (Phi) is 18.2. The summed E-state index contributed by atoms with van der Waals surface area (Å²) < 4.78 is 60.8. The highest BCUT2D eigenvalue weighted by Crippen LogP contribution is 2.35. The summed E-state index contributed by atoms with van der Waals surface area (Å²) in [6, 6.07) is 0. The number of hydrogen-bond donors (Lipinski definition) is 18. The largest absolute Gasteiger partial charge is 0.394 e. The van der Waals surface area contributed by atoms with Crippen LogP contribution in [0.25, 0.3) is 0 Å². The minimum atomic E-state index is -2.02. The van der Waals surface area contributed by atoms with Crippen molar-refractivity contribution in [1.29, 1.82) is 0 Å². The minimum absolute atomic E-state index is 0.779. The zero-order chi connectivity index (χ0) is 47.9. The van der Waals surface area contributed by atoms with Crippen LogP contribution in [0.5, 0.6) is 0 Å². The van der Waals surface area contributed by atoms with Crippen LogP contribution < -0.4 is 0 Å². The predicted molar refractivity (Wildman–Crippen MR) is 196 cm³/mol. The molecule has 65 heavy (non-hydrogen) atoms. The Morgan fingerprint density at radius 1 is 0.308 bits per heavy atom. The number of ether oxygens (including phenoxy) is 11. The van der Waals surface area contributed by atoms with Gasteiger partial charge in [0.15, 0.2) is 37.7 Å². The van der Waals surface area contributed by atoms with Crippen LogP contribution in [0.15, 0.2) is 0 Å². The number of aliphatic hydroxyl groups excluding tert-OH is 18. The van der Waals surface area contributed by atoms with E-state index in [4.69, 9.17) is 52.1 Å². The van der Waals surface area contributed by atoms with Crippen molar-refractivity contribution in [2.75, 3.05) is 26.4 Å². The van der Waals surface area contributed by atoms with Gasteiger partial charge in [-0.3, -0.25) is 0 Å². The molecule has 29 nitrogen and oxygen atoms in total. The first-order valence-corrected chi connectivity index (χ1v) is 20.8. The van der Waals surface area contributed by atoms with Gasteiger partial charge in [-0.2, -0.15) is 0 Å². The molecule has 0 bridgehead atoms. The van der Waals surface area contributed by atoms with Gasteiger partial charge >= 0.3 is 0 Å². The molecule has 6 rings (SSSR count). The maximum atomic E-state index is 11.3. The minimum Gasteiger partial charge on any atom is -0.394 e. The van der Waals surface area contributed by atoms with Crippen LogP contribution in [0.2, 0.25) is 0 Å². The van der Waals surface area contributed by atoms with E-state index in [1.165, 1.54) is 13.8 Å². The average Bonchev–Trinajstić information content (AvgIpc) is 3.28. The van der Waals surface area contributed by atoms with Crippen molar-refractivity contribution >= 4 is 0 Å². The van der Waals surface area contributed by atoms with E-state index in [1.54, 1.807) is 0 Å². The average molecular weight is 959 g/mol. The lowest BCUT2D eigenvalue weighted by molar-refractivity contribution is -0.383. The highest BCUT2D eigenvalue weighted by Gasteiger charge is 2.56. The van der Waals surface area contributed by atoms with E-state index in [1.807, 2.05) is 0 Å². The molecule has 6 heterocycles. The zero-order valence-corrected chi connectivity index (χ0v) is 34.7. The summed E-state index contributed by atoms with van der Waals surface area (Å²) >= 11 is 0. The summed E-state index contributed by atoms with van der Waals surface area (Å²) in [5, 5.41) is 189. The Balaban J connectivity index is 1.06. The van der Waals surface area contributed by atoms with Gasteiger partial charge < -0.3 is 144 Å². The highest BCUT2D eigenvalue weighted by molar-refractivity contribution is 4.98. The monoisotopic (exact) mass is 958 g/mol. The van der Waals surface area contributed by atoms with Gasteiger partial charge in [0.1, 0.15) is 134 Å². The van der Waals surface area contributed by atoms with E-state index in [-0.39, 0.29) is 0 Å². The fraction of sp³-hybridized carbons (Fsp3) is 1.00. The second-order valence-corrected chi connectivity index (χ2v) is 16.8. The number of hydrogen-bond acceptors (Lipinski definition) is 29. The van der Waals surface area contributed by atoms with Crippen LogP contribution in [-0.4, -0.2) is 303 Å². The van der Waals surface area contributed by atoms with E-state index in [2.05, 4.69) is 0 Å². The Bertz CT molecular complexity index is 1470. The Morgan fingerprint density at radius 3 is 1.11 bits per heavy atom. The predicted octanol–water partition coefficient (Wildman–Crippen LogP) is -12.0. The molecule has 6 aliphatic heterocycles. The fourth-order valence-corrected chi connectivity index (χ4v) is 8.35. The molecule has 380 valence electrons. The quantitative estimate of drug-likeness (QED) is 0.0768. The highest BCUT2D eigenvalue weighted by atomic mass is 16.8. The first-order valence-electron chi connectivity index (χ1n) is 20.8. The van der Waals surface area contributed by atoms with Crippen molar-refractivity contribution in [3.63, 3.8) is 0 Å². The van der Waals surface area contributed by atoms with Gasteiger partial charge in [0.2, 0.25) is 0 Å². The zero-order valence-electron chi connectivity index (χ0n) is 34.7. The van der Waals surface area contributed by atoms with Gasteiger partial charge in [-0.1, -0.05) is 0 Å². The Hall–Kier alpha value is -1.16. The summed E-state index contributed by atoms with van der Waals surface area (Å²) in [5.41, 5.74) is 0. The van der Waals surface area contributed by atoms with Crippen LogP contribution in [0.1, 0.15) is 13.8 Å². The molecule has 29 heteroatoms. The van der Waals surface area contributed by atoms with E-state index in [0.29, 0.717) is 0 Å². The molecule has 6 saturated heterocycles. The summed E-state index contributed by atoms with van der Waals surface area (Å²) in [5.74, 6) is 0. The van der Waals surface area contributed by atoms with Crippen molar-refractivity contribution in [1.82, 2.24) is 0 Å². The molecule has 1 unspecified atom stereocenters. The molecule has 6 aliphatic rings. The fourth-order valence-electron chi connectivity index (χ4n) is 8.35. The van der Waals surface area contributed by atoms with Crippen molar-refractivity contribution < 1.29 is 144 Å². The first kappa shape index (κ1) is 53.2. The van der Waals surface area contributed by atoms with Gasteiger partial charge in [0.25, 0.3) is 0 Å². The standard InChI is InChI=1S/C36H62O29/c1-7-27(62-35-21(48)17(44)13(40)9(3-37)60-35)20(47)24(51)34(57-7)65-30-16(43)11(5-39)59-32(26(30)53)55-6-12-14(41)18(45)22(49)36(61-12)63-28-8(2)56-33(23(50)19(28)46)64-29-15(42)10(4-38)58-31(54)25(29)52/h7-54H,3-6H2,1-2H3/t7-,8-,9+,10+,11+,12+,13+,14+,15-,16-,17-,18-,19-,20-,21-,22-,23+,24+,25+,26+,27-,28-,29-,30-,31?,32+,33-,34-,35-,36-/m0/s1. The molecular weight excluding hydrogens is 896 g/mol. The summed E-state index contributed by atoms with van der Waals surface area (Å²) in [6.45, 7) is -0.606. The lowest BCUT2D eigenvalue weighted by Gasteiger charge is -2.48. The third-order valence-corrected chi connectivity index (χ3v) is 12.3. The van der Waals surface area contributed by atoms with E-state index in [9.17, 15) is 91.9 Å². The molecule has 6 fully saturated rings. The molecule has 18 N–H and O–H groups in total. The molecule has 0 saturated carbocycles. The maximum absolute atomic E-state index is 11.3. The van der Waals surface area contributed by atoms with Crippen LogP contribution in [0, 0.1) is 0 Å². The molecule has 0 aromatic heterocycles. The van der Waals surface area contributed by atoms with Gasteiger partial charge in [-0.25, -0.2) is 0 Å². The summed E-state index contributed by atoms with van der Waals surface area (Å²) in [6.07, 6.45) is -52.6. The van der Waals surface area contributed by atoms with Crippen LogP contribution in [-0.2, 0) is 52.1 Å². The smallest absolute Gasteiger partial charge is 0.187 e. The maximum Gasteiger partial charge on any atom is 0.187 e. The Morgan fingerprint density at radius 2 is 0.646 bits per heavy atom. The van der Waals surface area contributed by atoms with Crippen molar-refractivity contribution in [3.05, 3.63) is 0 Å². The van der Waals surface area contributed by atoms with Gasteiger partial charge in [-0.15, -0.1) is 0 Å². The molecule has 0 spiro atoms. The molecule has 30 atom stereocenters. The molecular formula is C36H62O29. The summed E-state index contributed by atoms with van der Waals surface area (Å²) in [7, 11) is 0. The van der Waals surface area contributed by atoms with Crippen LogP contribution in [0.4, 0.5) is 0 Å². The van der Waals surface area contributed by atoms with E-state index >= 15 is 0 Å². The third-order valence-electron chi connectivity index (χ3n) is 12.3. The van der Waals surface area contributed by atoms with Crippen molar-refractivity contribution in [2.24, 2.45) is 0 Å². The molecule has 0 radical (unpaired) electrons. The van der Waals surface area contributed by atoms with Gasteiger partial charge in [0, 0.05) is 0 Å². The number of aliphatic hydroxyl groups is 18. The van der Waals surface area contributed by atoms with Gasteiger partial charge in [-0.05, 0) is 13.8 Å². The SMILES string of the molecule is C[C@@H]1O[C@@H](O[C@H]2[C@@H](O)[C@@H](CO)O[C@@H](OC[C@H]3O[C@@H](O[C@@H]4[C@@H](O)[C@@H](O)[C@H](O[C@H]5[C@@H](O)[C@@H](CO)OC(O)[C@@H]5O)O[C@H]4C)[C@@H](O)[C@@H](O)[C@@H]3O)[C@@H]2O)[C@H](O)[C@H](O)[C@H]1O[C@@H]1O[C@H](CO)[C@@H](O)[C@H](O)[C@@H]1O. The van der Waals surface area contributed by atoms with Crippen LogP contribution in [0.3, 0.4) is 0 Å². The molecule has 0 aromatic carbocycles. The number of rotatable bonds is 14. The lowest BCUT2D eigenvalue weighted by Crippen LogP contribution is -2.66. The van der Waals surface area contributed by atoms with Crippen molar-refractivity contribution in [2.45, 2.75) is 198 Å². The Labute approximate surface area is 368 Å². The van der Waals surface area contributed by atoms with Crippen LogP contribution >= 0.6 is 0 Å². The van der Waals surface area contributed by atoms with E-state index < -0.39 is 211 Å². The van der Waals surface area contributed by atoms with Gasteiger partial charge in [0.05, 0.1) is 38.6 Å². The second-order valence-electron chi connectivity index (χ2n) is 16.8. The molecule has 0 aromatic rings. The van der Waals surface area contributed by atoms with Crippen molar-refractivity contribution in [3.8, 4) is 0 Å². The summed E-state index contributed by atoms with van der Waals surface area (Å²) in [4.78, 5) is 0. The molecule has 0 amide bonds.